The number of rotatable bonds is 7. The molecule has 188 valence electrons. The smallest absolute Gasteiger partial charge is 0.394 e. The molecule has 0 atom stereocenters. The molecule has 0 unspecified atom stereocenters. The molecular formula is C23H30F2N8O2. The molecule has 2 aliphatic rings. The molecule has 4 heterocycles. The number of likely N-dealkylation sites (N-methyl/N-ethyl adjacent to an activating group) is 2. The van der Waals surface area contributed by atoms with Crippen LogP contribution in [0, 0.1) is 0 Å². The Labute approximate surface area is 202 Å². The van der Waals surface area contributed by atoms with E-state index in [2.05, 4.69) is 37.3 Å². The van der Waals surface area contributed by atoms with Crippen molar-refractivity contribution in [2.24, 2.45) is 0 Å². The summed E-state index contributed by atoms with van der Waals surface area (Å²) in [6, 6.07) is 6.39. The fourth-order valence-corrected chi connectivity index (χ4v) is 4.36. The molecule has 10 nitrogen and oxygen atoms in total. The highest BCUT2D eigenvalue weighted by molar-refractivity contribution is 5.83. The zero-order chi connectivity index (χ0) is 24.6. The van der Waals surface area contributed by atoms with E-state index in [0.717, 1.165) is 38.4 Å². The largest absolute Gasteiger partial charge is 0.486 e. The number of piperazine rings is 1. The lowest BCUT2D eigenvalue weighted by molar-refractivity contribution is -0.158. The van der Waals surface area contributed by atoms with Gasteiger partial charge in [-0.3, -0.25) is 4.90 Å². The summed E-state index contributed by atoms with van der Waals surface area (Å²) in [5.74, 6) is 1.71. The van der Waals surface area contributed by atoms with Crippen LogP contribution in [0.4, 0.5) is 20.3 Å². The molecule has 0 amide bonds. The third kappa shape index (κ3) is 5.08. The van der Waals surface area contributed by atoms with Crippen LogP contribution in [0.1, 0.15) is 6.92 Å². The zero-order valence-corrected chi connectivity index (χ0v) is 20.2. The van der Waals surface area contributed by atoms with Crippen LogP contribution in [0.2, 0.25) is 0 Å². The quantitative estimate of drug-likeness (QED) is 0.539. The van der Waals surface area contributed by atoms with Gasteiger partial charge in [0.15, 0.2) is 17.4 Å². The van der Waals surface area contributed by atoms with Crippen LogP contribution in [-0.2, 0) is 0 Å². The molecule has 5 rings (SSSR count). The van der Waals surface area contributed by atoms with Gasteiger partial charge in [-0.05, 0) is 19.2 Å². The van der Waals surface area contributed by atoms with Crippen molar-refractivity contribution in [3.8, 4) is 22.9 Å². The molecule has 2 aromatic heterocycles. The van der Waals surface area contributed by atoms with Gasteiger partial charge in [0, 0.05) is 58.8 Å². The van der Waals surface area contributed by atoms with Crippen molar-refractivity contribution in [3.63, 3.8) is 0 Å². The van der Waals surface area contributed by atoms with E-state index in [-0.39, 0.29) is 5.75 Å². The average Bonchev–Trinajstić information content (AvgIpc) is 3.23. The van der Waals surface area contributed by atoms with Crippen LogP contribution in [0.15, 0.2) is 24.3 Å². The lowest BCUT2D eigenvalue weighted by atomic mass is 10.2. The van der Waals surface area contributed by atoms with Gasteiger partial charge < -0.3 is 24.6 Å². The molecule has 1 fully saturated rings. The number of hydrogen-bond donors (Lipinski definition) is 1. The minimum Gasteiger partial charge on any atom is -0.486 e. The third-order valence-electron chi connectivity index (χ3n) is 6.24. The fourth-order valence-electron chi connectivity index (χ4n) is 4.36. The summed E-state index contributed by atoms with van der Waals surface area (Å²) in [7, 11) is 4.11. The maximum Gasteiger partial charge on any atom is 0.394 e. The van der Waals surface area contributed by atoms with E-state index in [9.17, 15) is 8.78 Å². The minimum absolute atomic E-state index is 0.0377. The summed E-state index contributed by atoms with van der Waals surface area (Å²) >= 11 is 0. The van der Waals surface area contributed by atoms with Crippen molar-refractivity contribution in [3.05, 3.63) is 24.3 Å². The van der Waals surface area contributed by atoms with E-state index >= 15 is 0 Å². The van der Waals surface area contributed by atoms with E-state index in [4.69, 9.17) is 14.6 Å². The Morgan fingerprint density at radius 2 is 1.91 bits per heavy atom. The summed E-state index contributed by atoms with van der Waals surface area (Å²) in [4.78, 5) is 6.82. The molecule has 0 bridgehead atoms. The highest BCUT2D eigenvalue weighted by Crippen LogP contribution is 2.40. The van der Waals surface area contributed by atoms with Crippen molar-refractivity contribution < 1.29 is 18.3 Å². The number of hydrogen-bond acceptors (Lipinski definition) is 9. The number of nitrogens with one attached hydrogen (secondary N) is 1. The van der Waals surface area contributed by atoms with Crippen LogP contribution < -0.4 is 19.7 Å². The number of ether oxygens (including phenoxy) is 2. The molecule has 3 aromatic rings. The van der Waals surface area contributed by atoms with Gasteiger partial charge in [0.25, 0.3) is 0 Å². The third-order valence-corrected chi connectivity index (χ3v) is 6.24. The Bertz CT molecular complexity index is 1190. The van der Waals surface area contributed by atoms with E-state index < -0.39 is 6.11 Å². The summed E-state index contributed by atoms with van der Waals surface area (Å²) < 4.78 is 39.2. The van der Waals surface area contributed by atoms with E-state index in [1.807, 2.05) is 7.05 Å². The molecule has 35 heavy (non-hydrogen) atoms. The van der Waals surface area contributed by atoms with Crippen molar-refractivity contribution in [2.75, 3.05) is 76.7 Å². The number of benzene rings is 1. The van der Waals surface area contributed by atoms with Crippen LogP contribution >= 0.6 is 0 Å². The van der Waals surface area contributed by atoms with Crippen molar-refractivity contribution in [1.29, 1.82) is 0 Å². The van der Waals surface area contributed by atoms with Crippen molar-refractivity contribution >= 4 is 17.2 Å². The first kappa shape index (κ1) is 23.5. The molecule has 1 aromatic carbocycles. The Hall–Kier alpha value is -3.25. The fraction of sp³-hybridized carbons (Fsp3) is 0.522. The maximum absolute atomic E-state index is 13.4. The van der Waals surface area contributed by atoms with Gasteiger partial charge in [0.2, 0.25) is 5.65 Å². The predicted octanol–water partition coefficient (Wildman–Crippen LogP) is 2.27. The molecule has 2 aliphatic heterocycles. The normalized spacial score (nSPS) is 17.3. The SMILES string of the molecule is CN1CCN(CCNc2nn3c(-c4cccc(OC(C)(F)F)c4)nnc3c3c2OCCN3C)CC1. The predicted molar refractivity (Wildman–Crippen MR) is 129 cm³/mol. The Balaban J connectivity index is 1.47. The highest BCUT2D eigenvalue weighted by atomic mass is 19.3. The van der Waals surface area contributed by atoms with Crippen LogP contribution in [-0.4, -0.2) is 102 Å². The summed E-state index contributed by atoms with van der Waals surface area (Å²) in [5, 5.41) is 16.9. The van der Waals surface area contributed by atoms with E-state index in [0.29, 0.717) is 55.2 Å². The second-order valence-corrected chi connectivity index (χ2v) is 9.06. The van der Waals surface area contributed by atoms with Crippen LogP contribution in [0.3, 0.4) is 0 Å². The Kier molecular flexibility index (Phi) is 6.32. The zero-order valence-electron chi connectivity index (χ0n) is 20.2. The van der Waals surface area contributed by atoms with Gasteiger partial charge in [-0.1, -0.05) is 12.1 Å². The first-order chi connectivity index (χ1) is 16.8. The second-order valence-electron chi connectivity index (χ2n) is 9.06. The number of alkyl halides is 2. The van der Waals surface area contributed by atoms with E-state index in [1.54, 1.807) is 16.6 Å². The molecule has 1 N–H and O–H groups in total. The lowest BCUT2D eigenvalue weighted by Crippen LogP contribution is -2.45. The van der Waals surface area contributed by atoms with Gasteiger partial charge in [0.1, 0.15) is 18.0 Å². The second kappa shape index (κ2) is 9.42. The molecular weight excluding hydrogens is 458 g/mol. The van der Waals surface area contributed by atoms with Gasteiger partial charge in [0.05, 0.1) is 6.54 Å². The number of anilines is 2. The lowest BCUT2D eigenvalue weighted by Gasteiger charge is -2.32. The summed E-state index contributed by atoms with van der Waals surface area (Å²) in [6.45, 7) is 7.72. The molecule has 0 aliphatic carbocycles. The monoisotopic (exact) mass is 488 g/mol. The van der Waals surface area contributed by atoms with Gasteiger partial charge in [-0.15, -0.1) is 15.3 Å². The molecule has 0 radical (unpaired) electrons. The molecule has 12 heteroatoms. The molecule has 0 spiro atoms. The molecule has 0 saturated carbocycles. The highest BCUT2D eigenvalue weighted by Gasteiger charge is 2.28. The van der Waals surface area contributed by atoms with Crippen LogP contribution in [0.25, 0.3) is 17.0 Å². The first-order valence-corrected chi connectivity index (χ1v) is 11.7. The number of nitrogens with zero attached hydrogens (tertiary/aromatic N) is 7. The Morgan fingerprint density at radius 1 is 1.11 bits per heavy atom. The minimum atomic E-state index is -3.29. The summed E-state index contributed by atoms with van der Waals surface area (Å²) in [6.07, 6.45) is -3.29. The standard InChI is InChI=1S/C23H30F2N8O2/c1-23(24,25)35-17-6-4-5-16(15-17)21-27-28-22-18-19(34-14-13-31(18)3)20(29-33(21)22)26-7-8-32-11-9-30(2)10-12-32/h4-6,15H,7-14H2,1-3H3,(H,26,29). The number of halogens is 2. The van der Waals surface area contributed by atoms with Gasteiger partial charge in [-0.25, -0.2) is 0 Å². The molecule has 1 saturated heterocycles. The first-order valence-electron chi connectivity index (χ1n) is 11.7. The topological polar surface area (TPSA) is 83.3 Å². The van der Waals surface area contributed by atoms with Gasteiger partial charge in [-0.2, -0.15) is 13.3 Å². The van der Waals surface area contributed by atoms with E-state index in [1.165, 1.54) is 12.1 Å². The number of fused-ring (bicyclic) bond motifs is 3. The Morgan fingerprint density at radius 3 is 2.69 bits per heavy atom. The summed E-state index contributed by atoms with van der Waals surface area (Å²) in [5.41, 5.74) is 1.89. The number of aromatic nitrogens is 4. The average molecular weight is 489 g/mol. The van der Waals surface area contributed by atoms with Crippen molar-refractivity contribution in [2.45, 2.75) is 13.0 Å². The van der Waals surface area contributed by atoms with Crippen LogP contribution in [0.5, 0.6) is 11.5 Å². The van der Waals surface area contributed by atoms with Gasteiger partial charge >= 0.3 is 6.11 Å². The van der Waals surface area contributed by atoms with Crippen molar-refractivity contribution in [1.82, 2.24) is 29.6 Å². The maximum atomic E-state index is 13.4.